The molecular weight excluding hydrogens is 304 g/mol. The van der Waals surface area contributed by atoms with Gasteiger partial charge in [-0.1, -0.05) is 13.8 Å². The lowest BCUT2D eigenvalue weighted by Crippen LogP contribution is -2.37. The van der Waals surface area contributed by atoms with Crippen molar-refractivity contribution >= 4 is 0 Å². The second-order valence-corrected chi connectivity index (χ2v) is 8.63. The van der Waals surface area contributed by atoms with Crippen molar-refractivity contribution < 1.29 is 19.7 Å². The van der Waals surface area contributed by atoms with E-state index in [-0.39, 0.29) is 12.2 Å². The molecule has 3 saturated carbocycles. The second-order valence-electron chi connectivity index (χ2n) is 8.63. The van der Waals surface area contributed by atoms with Crippen molar-refractivity contribution in [1.29, 1.82) is 0 Å². The average molecular weight is 341 g/mol. The molecule has 6 unspecified atom stereocenters. The number of rotatable bonds is 4. The monoisotopic (exact) mass is 340 g/mol. The Morgan fingerprint density at radius 1 is 0.542 bits per heavy atom. The van der Waals surface area contributed by atoms with Crippen LogP contribution in [0.4, 0.5) is 0 Å². The maximum Gasteiger partial charge on any atom is 0.0583 e. The van der Waals surface area contributed by atoms with Crippen LogP contribution in [0.2, 0.25) is 0 Å². The summed E-state index contributed by atoms with van der Waals surface area (Å²) in [5.41, 5.74) is 0. The van der Waals surface area contributed by atoms with E-state index < -0.39 is 0 Å². The van der Waals surface area contributed by atoms with Crippen molar-refractivity contribution in [1.82, 2.24) is 0 Å². The largest absolute Gasteiger partial charge is 0.393 e. The number of hydrogen-bond acceptors (Lipinski definition) is 4. The molecular formula is C20H36O4. The van der Waals surface area contributed by atoms with Crippen molar-refractivity contribution in [2.24, 2.45) is 11.8 Å². The van der Waals surface area contributed by atoms with Crippen LogP contribution >= 0.6 is 0 Å². The Labute approximate surface area is 146 Å². The maximum absolute atomic E-state index is 9.84. The summed E-state index contributed by atoms with van der Waals surface area (Å²) >= 11 is 0. The summed E-state index contributed by atoms with van der Waals surface area (Å²) in [6.07, 6.45) is 11.3. The van der Waals surface area contributed by atoms with Gasteiger partial charge in [0.05, 0.1) is 36.6 Å². The van der Waals surface area contributed by atoms with E-state index in [0.717, 1.165) is 64.2 Å². The molecule has 4 nitrogen and oxygen atoms in total. The fraction of sp³-hybridized carbons (Fsp3) is 1.00. The van der Waals surface area contributed by atoms with Crippen molar-refractivity contribution in [3.8, 4) is 0 Å². The Balaban J connectivity index is 1.35. The van der Waals surface area contributed by atoms with E-state index in [9.17, 15) is 10.2 Å². The summed E-state index contributed by atoms with van der Waals surface area (Å²) in [4.78, 5) is 0. The van der Waals surface area contributed by atoms with Gasteiger partial charge in [0.25, 0.3) is 0 Å². The highest BCUT2D eigenvalue weighted by Gasteiger charge is 2.32. The molecule has 140 valence electrons. The number of aliphatic hydroxyl groups is 2. The highest BCUT2D eigenvalue weighted by atomic mass is 16.5. The molecule has 3 aliphatic rings. The summed E-state index contributed by atoms with van der Waals surface area (Å²) < 4.78 is 12.6. The fourth-order valence-electron chi connectivity index (χ4n) is 4.76. The molecule has 0 bridgehead atoms. The first-order valence-corrected chi connectivity index (χ1v) is 10.2. The summed E-state index contributed by atoms with van der Waals surface area (Å²) in [5, 5.41) is 19.7. The first kappa shape index (κ1) is 18.6. The molecule has 3 fully saturated rings. The minimum Gasteiger partial charge on any atom is -0.393 e. The van der Waals surface area contributed by atoms with Gasteiger partial charge in [-0.05, 0) is 76.0 Å². The predicted octanol–water partition coefficient (Wildman–Crippen LogP) is 3.43. The molecule has 0 aromatic heterocycles. The van der Waals surface area contributed by atoms with Crippen LogP contribution in [0.3, 0.4) is 0 Å². The molecule has 0 amide bonds. The first-order chi connectivity index (χ1) is 11.5. The molecule has 0 saturated heterocycles. The summed E-state index contributed by atoms with van der Waals surface area (Å²) in [6, 6.07) is 0. The molecule has 4 heteroatoms. The third-order valence-corrected chi connectivity index (χ3v) is 6.54. The molecule has 3 aliphatic carbocycles. The molecule has 0 aliphatic heterocycles. The standard InChI is InChI=1S/C20H36O4/c1-13-11-17(7-9-19(13)21)23-15-3-5-16(6-4-15)24-18-8-10-20(22)14(2)12-18/h13-22H,3-12H2,1-2H3. The van der Waals surface area contributed by atoms with Crippen LogP contribution in [0.1, 0.15) is 78.1 Å². The lowest BCUT2D eigenvalue weighted by atomic mass is 9.85. The van der Waals surface area contributed by atoms with Crippen LogP contribution in [0.5, 0.6) is 0 Å². The zero-order valence-corrected chi connectivity index (χ0v) is 15.4. The van der Waals surface area contributed by atoms with Crippen LogP contribution in [-0.2, 0) is 9.47 Å². The van der Waals surface area contributed by atoms with Gasteiger partial charge in [-0.25, -0.2) is 0 Å². The Morgan fingerprint density at radius 2 is 0.875 bits per heavy atom. The molecule has 0 aromatic carbocycles. The van der Waals surface area contributed by atoms with Crippen molar-refractivity contribution in [3.63, 3.8) is 0 Å². The molecule has 6 atom stereocenters. The van der Waals surface area contributed by atoms with E-state index >= 15 is 0 Å². The minimum absolute atomic E-state index is 0.134. The van der Waals surface area contributed by atoms with Gasteiger partial charge < -0.3 is 19.7 Å². The van der Waals surface area contributed by atoms with Gasteiger partial charge in [0.2, 0.25) is 0 Å². The third-order valence-electron chi connectivity index (χ3n) is 6.54. The lowest BCUT2D eigenvalue weighted by Gasteiger charge is -2.38. The molecule has 3 rings (SSSR count). The minimum atomic E-state index is -0.134. The Morgan fingerprint density at radius 3 is 1.21 bits per heavy atom. The highest BCUT2D eigenvalue weighted by molar-refractivity contribution is 4.82. The van der Waals surface area contributed by atoms with E-state index in [2.05, 4.69) is 13.8 Å². The second kappa shape index (κ2) is 8.48. The van der Waals surface area contributed by atoms with Crippen molar-refractivity contribution in [3.05, 3.63) is 0 Å². The van der Waals surface area contributed by atoms with Gasteiger partial charge in [-0.3, -0.25) is 0 Å². The summed E-state index contributed by atoms with van der Waals surface area (Å²) in [6.45, 7) is 4.26. The molecule has 0 heterocycles. The average Bonchev–Trinajstić information content (AvgIpc) is 2.56. The van der Waals surface area contributed by atoms with E-state index in [0.29, 0.717) is 36.3 Å². The first-order valence-electron chi connectivity index (χ1n) is 10.2. The molecule has 0 spiro atoms. The maximum atomic E-state index is 9.84. The number of hydrogen-bond donors (Lipinski definition) is 2. The van der Waals surface area contributed by atoms with Crippen LogP contribution in [0.25, 0.3) is 0 Å². The van der Waals surface area contributed by atoms with Gasteiger partial charge in [0, 0.05) is 0 Å². The Hall–Kier alpha value is -0.160. The molecule has 2 N–H and O–H groups in total. The predicted molar refractivity (Wildman–Crippen MR) is 93.8 cm³/mol. The Bertz CT molecular complexity index is 344. The fourth-order valence-corrected chi connectivity index (χ4v) is 4.76. The van der Waals surface area contributed by atoms with E-state index in [1.54, 1.807) is 0 Å². The quantitative estimate of drug-likeness (QED) is 0.823. The van der Waals surface area contributed by atoms with Gasteiger partial charge in [0.15, 0.2) is 0 Å². The zero-order valence-electron chi connectivity index (χ0n) is 15.4. The van der Waals surface area contributed by atoms with Crippen LogP contribution in [0.15, 0.2) is 0 Å². The van der Waals surface area contributed by atoms with Crippen LogP contribution in [-0.4, -0.2) is 46.8 Å². The molecule has 0 radical (unpaired) electrons. The van der Waals surface area contributed by atoms with Crippen molar-refractivity contribution in [2.75, 3.05) is 0 Å². The summed E-state index contributed by atoms with van der Waals surface area (Å²) in [7, 11) is 0. The van der Waals surface area contributed by atoms with Gasteiger partial charge >= 0.3 is 0 Å². The number of aliphatic hydroxyl groups excluding tert-OH is 2. The smallest absolute Gasteiger partial charge is 0.0583 e. The SMILES string of the molecule is CC1CC(OC2CCC(OC3CCC(O)C(C)C3)CC2)CCC1O. The van der Waals surface area contributed by atoms with Gasteiger partial charge in [-0.15, -0.1) is 0 Å². The Kier molecular flexibility index (Phi) is 6.58. The van der Waals surface area contributed by atoms with Crippen LogP contribution in [0, 0.1) is 11.8 Å². The zero-order chi connectivity index (χ0) is 17.1. The molecule has 24 heavy (non-hydrogen) atoms. The van der Waals surface area contributed by atoms with Crippen LogP contribution < -0.4 is 0 Å². The van der Waals surface area contributed by atoms with E-state index in [1.807, 2.05) is 0 Å². The topological polar surface area (TPSA) is 58.9 Å². The third kappa shape index (κ3) is 4.94. The summed E-state index contributed by atoms with van der Waals surface area (Å²) in [5.74, 6) is 0.735. The van der Waals surface area contributed by atoms with E-state index in [4.69, 9.17) is 9.47 Å². The van der Waals surface area contributed by atoms with Gasteiger partial charge in [-0.2, -0.15) is 0 Å². The van der Waals surface area contributed by atoms with E-state index in [1.165, 1.54) is 0 Å². The number of ether oxygens (including phenoxy) is 2. The normalized spacial score (nSPS) is 47.5. The lowest BCUT2D eigenvalue weighted by molar-refractivity contribution is -0.112. The molecule has 0 aromatic rings. The van der Waals surface area contributed by atoms with Gasteiger partial charge in [0.1, 0.15) is 0 Å². The van der Waals surface area contributed by atoms with Crippen molar-refractivity contribution in [2.45, 2.75) is 115 Å². The highest BCUT2D eigenvalue weighted by Crippen LogP contribution is 2.33.